The molecule has 0 saturated carbocycles. The quantitative estimate of drug-likeness (QED) is 0.924. The lowest BCUT2D eigenvalue weighted by Gasteiger charge is -2.30. The van der Waals surface area contributed by atoms with Crippen LogP contribution in [0.25, 0.3) is 10.2 Å². The number of hydrogen-bond donors (Lipinski definition) is 1. The first-order chi connectivity index (χ1) is 9.54. The number of carbonyl (C=O) groups excluding carboxylic acids is 1. The van der Waals surface area contributed by atoms with Crippen LogP contribution in [0.3, 0.4) is 0 Å². The molecule has 1 saturated heterocycles. The fourth-order valence-corrected chi connectivity index (χ4v) is 4.05. The molecule has 1 aromatic carbocycles. The molecular formula is C15H19N3OS. The summed E-state index contributed by atoms with van der Waals surface area (Å²) in [4.78, 5) is 18.4. The number of rotatable bonds is 2. The zero-order chi connectivity index (χ0) is 14.3. The molecule has 1 unspecified atom stereocenters. The molecule has 1 atom stereocenters. The Bertz CT molecular complexity index is 664. The number of anilines is 1. The smallest absolute Gasteiger partial charge is 0.222 e. The van der Waals surface area contributed by atoms with Crippen molar-refractivity contribution >= 4 is 32.6 Å². The number of primary amides is 1. The molecule has 1 aliphatic rings. The average molecular weight is 289 g/mol. The lowest BCUT2D eigenvalue weighted by molar-refractivity contribution is -0.122. The monoisotopic (exact) mass is 289 g/mol. The van der Waals surface area contributed by atoms with Crippen LogP contribution in [0, 0.1) is 19.8 Å². The largest absolute Gasteiger partial charge is 0.369 e. The molecule has 2 N–H and O–H groups in total. The molecule has 0 aliphatic carbocycles. The number of hydrogen-bond acceptors (Lipinski definition) is 4. The van der Waals surface area contributed by atoms with Gasteiger partial charge in [-0.05, 0) is 43.9 Å². The number of carbonyl (C=O) groups is 1. The Hall–Kier alpha value is -1.62. The third-order valence-corrected chi connectivity index (χ3v) is 4.98. The van der Waals surface area contributed by atoms with Crippen LogP contribution in [-0.4, -0.2) is 24.0 Å². The minimum absolute atomic E-state index is 0.0430. The van der Waals surface area contributed by atoms with Gasteiger partial charge in [-0.15, -0.1) is 0 Å². The minimum Gasteiger partial charge on any atom is -0.369 e. The molecule has 1 aliphatic heterocycles. The topological polar surface area (TPSA) is 59.2 Å². The molecule has 3 rings (SSSR count). The van der Waals surface area contributed by atoms with Crippen molar-refractivity contribution in [2.75, 3.05) is 18.0 Å². The fourth-order valence-electron chi connectivity index (χ4n) is 2.88. The molecule has 5 heteroatoms. The summed E-state index contributed by atoms with van der Waals surface area (Å²) in [6, 6.07) is 4.34. The Morgan fingerprint density at radius 1 is 1.45 bits per heavy atom. The molecule has 2 aromatic rings. The lowest BCUT2D eigenvalue weighted by atomic mass is 9.98. The molecule has 106 valence electrons. The van der Waals surface area contributed by atoms with Gasteiger partial charge in [-0.2, -0.15) is 0 Å². The summed E-state index contributed by atoms with van der Waals surface area (Å²) in [5.41, 5.74) is 9.00. The number of aryl methyl sites for hydroxylation is 2. The highest BCUT2D eigenvalue weighted by atomic mass is 32.1. The van der Waals surface area contributed by atoms with Gasteiger partial charge in [0.2, 0.25) is 5.91 Å². The lowest BCUT2D eigenvalue weighted by Crippen LogP contribution is -2.41. The van der Waals surface area contributed by atoms with Gasteiger partial charge in [0.25, 0.3) is 0 Å². The van der Waals surface area contributed by atoms with Crippen LogP contribution in [0.2, 0.25) is 0 Å². The Kier molecular flexibility index (Phi) is 3.38. The third kappa shape index (κ3) is 2.38. The van der Waals surface area contributed by atoms with Gasteiger partial charge >= 0.3 is 0 Å². The Morgan fingerprint density at radius 3 is 3.00 bits per heavy atom. The predicted octanol–water partition coefficient (Wildman–Crippen LogP) is 2.61. The van der Waals surface area contributed by atoms with Crippen molar-refractivity contribution in [3.05, 3.63) is 23.3 Å². The predicted molar refractivity (Wildman–Crippen MR) is 83.2 cm³/mol. The van der Waals surface area contributed by atoms with Gasteiger partial charge in [0, 0.05) is 13.1 Å². The van der Waals surface area contributed by atoms with Crippen molar-refractivity contribution in [3.63, 3.8) is 0 Å². The van der Waals surface area contributed by atoms with E-state index in [2.05, 4.69) is 30.9 Å². The van der Waals surface area contributed by atoms with Crippen molar-refractivity contribution in [2.24, 2.45) is 11.7 Å². The van der Waals surface area contributed by atoms with E-state index < -0.39 is 0 Å². The van der Waals surface area contributed by atoms with Gasteiger partial charge in [0.05, 0.1) is 16.1 Å². The zero-order valence-electron chi connectivity index (χ0n) is 11.8. The van der Waals surface area contributed by atoms with E-state index in [1.54, 1.807) is 11.3 Å². The van der Waals surface area contributed by atoms with Gasteiger partial charge in [-0.3, -0.25) is 4.79 Å². The summed E-state index contributed by atoms with van der Waals surface area (Å²) in [5, 5.41) is 1.01. The summed E-state index contributed by atoms with van der Waals surface area (Å²) < 4.78 is 1.22. The minimum atomic E-state index is -0.192. The number of nitrogens with zero attached hydrogens (tertiary/aromatic N) is 2. The van der Waals surface area contributed by atoms with Gasteiger partial charge in [-0.25, -0.2) is 4.98 Å². The highest BCUT2D eigenvalue weighted by Crippen LogP contribution is 2.33. The Balaban J connectivity index is 1.94. The maximum absolute atomic E-state index is 11.4. The van der Waals surface area contributed by atoms with Gasteiger partial charge in [-0.1, -0.05) is 17.4 Å². The molecule has 20 heavy (non-hydrogen) atoms. The molecule has 2 heterocycles. The van der Waals surface area contributed by atoms with Gasteiger partial charge in [0.15, 0.2) is 5.13 Å². The van der Waals surface area contributed by atoms with E-state index in [9.17, 15) is 4.79 Å². The van der Waals surface area contributed by atoms with Crippen LogP contribution in [0.1, 0.15) is 24.0 Å². The second kappa shape index (κ2) is 5.05. The maximum Gasteiger partial charge on any atom is 0.222 e. The molecule has 1 fully saturated rings. The van der Waals surface area contributed by atoms with Crippen LogP contribution in [0.5, 0.6) is 0 Å². The van der Waals surface area contributed by atoms with E-state index in [-0.39, 0.29) is 11.8 Å². The molecule has 1 amide bonds. The molecule has 0 spiro atoms. The number of nitrogens with two attached hydrogens (primary N) is 1. The number of benzene rings is 1. The second-order valence-corrected chi connectivity index (χ2v) is 6.62. The normalized spacial score (nSPS) is 19.5. The highest BCUT2D eigenvalue weighted by molar-refractivity contribution is 7.22. The second-order valence-electron chi connectivity index (χ2n) is 5.61. The Labute approximate surface area is 122 Å². The first kappa shape index (κ1) is 13.4. The summed E-state index contributed by atoms with van der Waals surface area (Å²) in [6.07, 6.45) is 1.90. The van der Waals surface area contributed by atoms with Crippen molar-refractivity contribution in [1.82, 2.24) is 4.98 Å². The molecule has 1 aromatic heterocycles. The van der Waals surface area contributed by atoms with Crippen molar-refractivity contribution in [2.45, 2.75) is 26.7 Å². The van der Waals surface area contributed by atoms with Crippen LogP contribution in [0.15, 0.2) is 12.1 Å². The summed E-state index contributed by atoms with van der Waals surface area (Å²) in [6.45, 7) is 5.87. The number of thiazole rings is 1. The van der Waals surface area contributed by atoms with E-state index in [1.165, 1.54) is 15.8 Å². The number of piperidine rings is 1. The molecular weight excluding hydrogens is 270 g/mol. The number of aromatic nitrogens is 1. The number of amides is 1. The summed E-state index contributed by atoms with van der Waals surface area (Å²) >= 11 is 1.71. The fraction of sp³-hybridized carbons (Fsp3) is 0.467. The zero-order valence-corrected chi connectivity index (χ0v) is 12.7. The average Bonchev–Trinajstić information content (AvgIpc) is 2.83. The number of fused-ring (bicyclic) bond motifs is 1. The van der Waals surface area contributed by atoms with Crippen molar-refractivity contribution in [1.29, 1.82) is 0 Å². The standard InChI is InChI=1S/C15H19N3OS/c1-9-6-10(2)13-12(7-9)20-15(17-13)18-5-3-4-11(8-18)14(16)19/h6-7,11H,3-5,8H2,1-2H3,(H2,16,19). The van der Waals surface area contributed by atoms with Crippen LogP contribution in [0.4, 0.5) is 5.13 Å². The molecule has 0 bridgehead atoms. The van der Waals surface area contributed by atoms with E-state index in [1.807, 2.05) is 0 Å². The first-order valence-electron chi connectivity index (χ1n) is 6.96. The van der Waals surface area contributed by atoms with Gasteiger partial charge < -0.3 is 10.6 Å². The van der Waals surface area contributed by atoms with E-state index in [0.717, 1.165) is 30.0 Å². The van der Waals surface area contributed by atoms with Crippen molar-refractivity contribution in [3.8, 4) is 0 Å². The Morgan fingerprint density at radius 2 is 2.25 bits per heavy atom. The van der Waals surface area contributed by atoms with Crippen molar-refractivity contribution < 1.29 is 4.79 Å². The highest BCUT2D eigenvalue weighted by Gasteiger charge is 2.25. The van der Waals surface area contributed by atoms with E-state index in [4.69, 9.17) is 10.7 Å². The van der Waals surface area contributed by atoms with E-state index >= 15 is 0 Å². The van der Waals surface area contributed by atoms with Gasteiger partial charge in [0.1, 0.15) is 0 Å². The third-order valence-electron chi connectivity index (χ3n) is 3.91. The summed E-state index contributed by atoms with van der Waals surface area (Å²) in [7, 11) is 0. The van der Waals surface area contributed by atoms with Crippen LogP contribution in [-0.2, 0) is 4.79 Å². The SMILES string of the molecule is Cc1cc(C)c2nc(N3CCCC(C(N)=O)C3)sc2c1. The van der Waals surface area contributed by atoms with Crippen LogP contribution >= 0.6 is 11.3 Å². The molecule has 4 nitrogen and oxygen atoms in total. The molecule has 0 radical (unpaired) electrons. The van der Waals surface area contributed by atoms with E-state index in [0.29, 0.717) is 6.54 Å². The first-order valence-corrected chi connectivity index (χ1v) is 7.78. The van der Waals surface area contributed by atoms with Crippen LogP contribution < -0.4 is 10.6 Å². The maximum atomic E-state index is 11.4. The summed E-state index contributed by atoms with van der Waals surface area (Å²) in [5.74, 6) is -0.235.